The number of tetrazole rings is 1. The minimum absolute atomic E-state index is 0.117. The number of carbonyl (C=O) groups excluding carboxylic acids is 1. The number of fused-ring (bicyclic) bond motifs is 1. The summed E-state index contributed by atoms with van der Waals surface area (Å²) in [5.41, 5.74) is 2.49. The first-order chi connectivity index (χ1) is 16.6. The lowest BCUT2D eigenvalue weighted by atomic mass is 9.94. The number of alkyl carbamates (subject to hydrolysis) is 1. The Morgan fingerprint density at radius 1 is 1.09 bits per heavy atom. The van der Waals surface area contributed by atoms with Crippen LogP contribution in [-0.2, 0) is 17.8 Å². The second kappa shape index (κ2) is 9.69. The number of hydrogen-bond donors (Lipinski definition) is 2. The fraction of sp³-hybridized carbons (Fsp3) is 0.346. The van der Waals surface area contributed by atoms with Gasteiger partial charge >= 0.3 is 6.09 Å². The summed E-state index contributed by atoms with van der Waals surface area (Å²) in [6, 6.07) is 15.4. The molecule has 0 unspecified atom stereocenters. The molecular formula is C26H30N6O3. The highest BCUT2D eigenvalue weighted by atomic mass is 16.6. The normalized spacial score (nSPS) is 11.7. The molecule has 1 amide bonds. The number of aromatic amines is 1. The Balaban J connectivity index is 1.97. The lowest BCUT2D eigenvalue weighted by Gasteiger charge is -2.23. The minimum atomic E-state index is -0.632. The van der Waals surface area contributed by atoms with Gasteiger partial charge in [-0.25, -0.2) is 4.79 Å². The number of nitrogens with one attached hydrogen (secondary N) is 2. The number of rotatable bonds is 6. The smallest absolute Gasteiger partial charge is 0.407 e. The highest BCUT2D eigenvalue weighted by Gasteiger charge is 2.22. The van der Waals surface area contributed by atoms with E-state index in [0.29, 0.717) is 23.4 Å². The van der Waals surface area contributed by atoms with Crippen molar-refractivity contribution in [3.63, 3.8) is 0 Å². The van der Waals surface area contributed by atoms with E-state index in [2.05, 4.69) is 39.8 Å². The molecule has 0 atom stereocenters. The average Bonchev–Trinajstić information content (AvgIpc) is 3.34. The van der Waals surface area contributed by atoms with Crippen molar-refractivity contribution >= 4 is 16.9 Å². The second-order valence-electron chi connectivity index (χ2n) is 9.85. The maximum atomic E-state index is 13.7. The summed E-state index contributed by atoms with van der Waals surface area (Å²) in [6.07, 6.45) is -0.541. The Morgan fingerprint density at radius 3 is 2.46 bits per heavy atom. The number of pyridine rings is 1. The van der Waals surface area contributed by atoms with E-state index in [-0.39, 0.29) is 18.0 Å². The molecule has 4 rings (SSSR count). The number of nitrogens with zero attached hydrogens (tertiary/aromatic N) is 4. The van der Waals surface area contributed by atoms with Crippen LogP contribution in [0, 0.1) is 5.92 Å². The highest BCUT2D eigenvalue weighted by Crippen LogP contribution is 2.33. The maximum absolute atomic E-state index is 13.7. The number of benzene rings is 2. The number of ether oxygens (including phenoxy) is 1. The molecule has 2 N–H and O–H groups in total. The summed E-state index contributed by atoms with van der Waals surface area (Å²) in [6.45, 7) is 10.2. The Hall–Kier alpha value is -4.01. The van der Waals surface area contributed by atoms with E-state index in [0.717, 1.165) is 22.1 Å². The van der Waals surface area contributed by atoms with Gasteiger partial charge in [-0.05, 0) is 55.0 Å². The average molecular weight is 475 g/mol. The molecule has 0 spiro atoms. The van der Waals surface area contributed by atoms with E-state index < -0.39 is 11.7 Å². The Bertz CT molecular complexity index is 1390. The molecule has 0 radical (unpaired) electrons. The number of aromatic nitrogens is 5. The lowest BCUT2D eigenvalue weighted by molar-refractivity contribution is 0.0522. The molecule has 0 bridgehead atoms. The van der Waals surface area contributed by atoms with E-state index in [1.807, 2.05) is 63.2 Å². The molecule has 9 heteroatoms. The highest BCUT2D eigenvalue weighted by molar-refractivity contribution is 5.99. The first-order valence-electron chi connectivity index (χ1n) is 11.6. The summed E-state index contributed by atoms with van der Waals surface area (Å²) < 4.78 is 7.21. The number of amides is 1. The van der Waals surface area contributed by atoms with E-state index >= 15 is 0 Å². The minimum Gasteiger partial charge on any atom is -0.444 e. The number of H-pyrrole nitrogens is 1. The van der Waals surface area contributed by atoms with Gasteiger partial charge in [0.15, 0.2) is 0 Å². The van der Waals surface area contributed by atoms with Gasteiger partial charge in [0.05, 0.1) is 6.54 Å². The topological polar surface area (TPSA) is 115 Å². The molecule has 0 aliphatic heterocycles. The standard InChI is InChI=1S/C26H30N6O3/c1-16(2)15-32-21(14-27-25(34)35-26(3,4)5)22(17-9-7-6-8-10-17)20-13-18(23-28-30-31-29-23)11-12-19(20)24(32)33/h6-13,16H,14-15H2,1-5H3,(H,27,34)(H,28,29,30,31). The molecule has 0 saturated heterocycles. The van der Waals surface area contributed by atoms with Crippen LogP contribution < -0.4 is 10.9 Å². The summed E-state index contributed by atoms with van der Waals surface area (Å²) in [5, 5.41) is 18.5. The Kier molecular flexibility index (Phi) is 6.68. The molecule has 2 aromatic heterocycles. The zero-order valence-electron chi connectivity index (χ0n) is 20.6. The molecule has 0 aliphatic carbocycles. The third-order valence-electron chi connectivity index (χ3n) is 5.39. The van der Waals surface area contributed by atoms with Crippen LogP contribution in [0.2, 0.25) is 0 Å². The van der Waals surface area contributed by atoms with E-state index in [1.54, 1.807) is 10.6 Å². The lowest BCUT2D eigenvalue weighted by Crippen LogP contribution is -2.35. The molecular weight excluding hydrogens is 444 g/mol. The summed E-state index contributed by atoms with van der Waals surface area (Å²) >= 11 is 0. The van der Waals surface area contributed by atoms with Crippen molar-refractivity contribution in [2.45, 2.75) is 53.3 Å². The van der Waals surface area contributed by atoms with Crippen LogP contribution in [0.4, 0.5) is 4.79 Å². The fourth-order valence-corrected chi connectivity index (χ4v) is 4.06. The zero-order valence-corrected chi connectivity index (χ0v) is 20.6. The molecule has 0 fully saturated rings. The van der Waals surface area contributed by atoms with E-state index in [9.17, 15) is 9.59 Å². The van der Waals surface area contributed by atoms with E-state index in [1.165, 1.54) is 0 Å². The molecule has 0 aliphatic rings. The van der Waals surface area contributed by atoms with Crippen LogP contribution in [0.3, 0.4) is 0 Å². The van der Waals surface area contributed by atoms with Crippen LogP contribution in [0.1, 0.15) is 40.3 Å². The first-order valence-corrected chi connectivity index (χ1v) is 11.6. The van der Waals surface area contributed by atoms with Gasteiger partial charge in [0.2, 0.25) is 5.82 Å². The first kappa shape index (κ1) is 24.1. The SMILES string of the molecule is CC(C)Cn1c(CNC(=O)OC(C)(C)C)c(-c2ccccc2)c2cc(-c3nn[nH]n3)ccc2c1=O. The van der Waals surface area contributed by atoms with Crippen molar-refractivity contribution in [2.24, 2.45) is 5.92 Å². The van der Waals surface area contributed by atoms with Gasteiger partial charge < -0.3 is 14.6 Å². The van der Waals surface area contributed by atoms with Gasteiger partial charge in [-0.1, -0.05) is 50.2 Å². The molecule has 2 heterocycles. The number of hydrogen-bond acceptors (Lipinski definition) is 6. The third kappa shape index (κ3) is 5.40. The van der Waals surface area contributed by atoms with Crippen molar-refractivity contribution in [3.8, 4) is 22.5 Å². The zero-order chi connectivity index (χ0) is 25.2. The van der Waals surface area contributed by atoms with Crippen molar-refractivity contribution in [1.82, 2.24) is 30.5 Å². The Morgan fingerprint density at radius 2 is 1.83 bits per heavy atom. The van der Waals surface area contributed by atoms with Crippen LogP contribution in [0.15, 0.2) is 53.3 Å². The summed E-state index contributed by atoms with van der Waals surface area (Å²) in [5.74, 6) is 0.651. The quantitative estimate of drug-likeness (QED) is 0.424. The fourth-order valence-electron chi connectivity index (χ4n) is 4.06. The predicted octanol–water partition coefficient (Wildman–Crippen LogP) is 4.53. The molecule has 0 saturated carbocycles. The number of carbonyl (C=O) groups is 1. The van der Waals surface area contributed by atoms with Gasteiger partial charge in [0.1, 0.15) is 5.60 Å². The largest absolute Gasteiger partial charge is 0.444 e. The van der Waals surface area contributed by atoms with Gasteiger partial charge in [-0.3, -0.25) is 4.79 Å². The van der Waals surface area contributed by atoms with Crippen LogP contribution in [0.5, 0.6) is 0 Å². The van der Waals surface area contributed by atoms with Gasteiger partial charge in [0, 0.05) is 28.8 Å². The van der Waals surface area contributed by atoms with Crippen LogP contribution >= 0.6 is 0 Å². The van der Waals surface area contributed by atoms with Gasteiger partial charge in [-0.2, -0.15) is 5.21 Å². The maximum Gasteiger partial charge on any atom is 0.407 e. The molecule has 9 nitrogen and oxygen atoms in total. The van der Waals surface area contributed by atoms with Crippen LogP contribution in [0.25, 0.3) is 33.3 Å². The van der Waals surface area contributed by atoms with Gasteiger partial charge in [0.25, 0.3) is 5.56 Å². The van der Waals surface area contributed by atoms with Crippen molar-refractivity contribution in [3.05, 3.63) is 64.6 Å². The molecule has 4 aromatic rings. The van der Waals surface area contributed by atoms with Crippen molar-refractivity contribution in [1.29, 1.82) is 0 Å². The van der Waals surface area contributed by atoms with Crippen molar-refractivity contribution in [2.75, 3.05) is 0 Å². The molecule has 2 aromatic carbocycles. The Labute approximate surface area is 203 Å². The van der Waals surface area contributed by atoms with E-state index in [4.69, 9.17) is 4.74 Å². The second-order valence-corrected chi connectivity index (χ2v) is 9.85. The van der Waals surface area contributed by atoms with Gasteiger partial charge in [-0.15, -0.1) is 10.2 Å². The molecule has 182 valence electrons. The van der Waals surface area contributed by atoms with Crippen molar-refractivity contribution < 1.29 is 9.53 Å². The third-order valence-corrected chi connectivity index (χ3v) is 5.39. The predicted molar refractivity (Wildman–Crippen MR) is 135 cm³/mol. The summed E-state index contributed by atoms with van der Waals surface area (Å²) in [7, 11) is 0. The summed E-state index contributed by atoms with van der Waals surface area (Å²) in [4.78, 5) is 26.2. The monoisotopic (exact) mass is 474 g/mol. The van der Waals surface area contributed by atoms with Crippen LogP contribution in [-0.4, -0.2) is 36.9 Å². The molecule has 35 heavy (non-hydrogen) atoms.